The highest BCUT2D eigenvalue weighted by Gasteiger charge is 2.29. The Balaban J connectivity index is 1.61. The van der Waals surface area contributed by atoms with E-state index >= 15 is 0 Å². The number of hydrogen-bond donors (Lipinski definition) is 0. The maximum Gasteiger partial charge on any atom is 0.270 e. The van der Waals surface area contributed by atoms with Crippen molar-refractivity contribution in [3.63, 3.8) is 0 Å². The second-order valence-corrected chi connectivity index (χ2v) is 8.81. The van der Waals surface area contributed by atoms with Crippen LogP contribution in [0.2, 0.25) is 5.02 Å². The number of nitro groups is 1. The fourth-order valence-corrected chi connectivity index (χ4v) is 4.67. The van der Waals surface area contributed by atoms with Crippen molar-refractivity contribution in [3.05, 3.63) is 98.6 Å². The first-order chi connectivity index (χ1) is 15.9. The molecule has 0 spiro atoms. The molecule has 2 aromatic carbocycles. The van der Waals surface area contributed by atoms with Crippen molar-refractivity contribution in [2.24, 2.45) is 0 Å². The van der Waals surface area contributed by atoms with Crippen molar-refractivity contribution < 1.29 is 14.1 Å². The third-order valence-corrected chi connectivity index (χ3v) is 6.50. The van der Waals surface area contributed by atoms with Crippen LogP contribution in [0.3, 0.4) is 0 Å². The molecule has 0 atom stereocenters. The van der Waals surface area contributed by atoms with Crippen LogP contribution in [0.15, 0.2) is 60.8 Å². The summed E-state index contributed by atoms with van der Waals surface area (Å²) in [4.78, 5) is 26.0. The Bertz CT molecular complexity index is 1140. The minimum atomic E-state index is -0.526. The zero-order valence-electron chi connectivity index (χ0n) is 18.1. The summed E-state index contributed by atoms with van der Waals surface area (Å²) in [5.74, 6) is -0.503. The SMILES string of the molecule is O=C(c1ccc([N+](=O)[O-])cc1Cl)N(Cc1cccn1Cc1ccc(F)cc1)C1CCCCC1. The van der Waals surface area contributed by atoms with Gasteiger partial charge in [-0.1, -0.05) is 43.0 Å². The van der Waals surface area contributed by atoms with Gasteiger partial charge in [-0.3, -0.25) is 14.9 Å². The smallest absolute Gasteiger partial charge is 0.270 e. The molecule has 3 aromatic rings. The van der Waals surface area contributed by atoms with E-state index in [2.05, 4.69) is 0 Å². The quantitative estimate of drug-likeness (QED) is 0.305. The molecule has 0 N–H and O–H groups in total. The molecular formula is C25H25ClFN3O3. The van der Waals surface area contributed by atoms with Crippen molar-refractivity contribution in [2.75, 3.05) is 0 Å². The largest absolute Gasteiger partial charge is 0.345 e. The van der Waals surface area contributed by atoms with Crippen LogP contribution in [0.25, 0.3) is 0 Å². The summed E-state index contributed by atoms with van der Waals surface area (Å²) < 4.78 is 15.3. The number of nitro benzene ring substituents is 1. The number of rotatable bonds is 7. The molecular weight excluding hydrogens is 445 g/mol. The molecule has 0 unspecified atom stereocenters. The molecule has 33 heavy (non-hydrogen) atoms. The van der Waals surface area contributed by atoms with E-state index < -0.39 is 4.92 Å². The first-order valence-electron chi connectivity index (χ1n) is 11.1. The Kier molecular flexibility index (Phi) is 7.08. The predicted molar refractivity (Wildman–Crippen MR) is 125 cm³/mol. The van der Waals surface area contributed by atoms with Gasteiger partial charge in [-0.2, -0.15) is 0 Å². The molecule has 6 nitrogen and oxygen atoms in total. The molecule has 0 radical (unpaired) electrons. The molecule has 0 saturated heterocycles. The minimum absolute atomic E-state index is 0.0756. The van der Waals surface area contributed by atoms with Gasteiger partial charge in [-0.05, 0) is 48.7 Å². The molecule has 1 saturated carbocycles. The topological polar surface area (TPSA) is 68.4 Å². The molecule has 8 heteroatoms. The summed E-state index contributed by atoms with van der Waals surface area (Å²) in [6.07, 6.45) is 7.03. The number of non-ortho nitro benzene ring substituents is 1. The van der Waals surface area contributed by atoms with Gasteiger partial charge in [0.2, 0.25) is 0 Å². The molecule has 4 rings (SSSR count). The van der Waals surface area contributed by atoms with Crippen molar-refractivity contribution in [3.8, 4) is 0 Å². The van der Waals surface area contributed by atoms with Gasteiger partial charge in [0.1, 0.15) is 5.82 Å². The first-order valence-corrected chi connectivity index (χ1v) is 11.4. The van der Waals surface area contributed by atoms with Crippen LogP contribution in [0.4, 0.5) is 10.1 Å². The average Bonchev–Trinajstić information content (AvgIpc) is 3.25. The third-order valence-electron chi connectivity index (χ3n) is 6.19. The summed E-state index contributed by atoms with van der Waals surface area (Å²) in [6, 6.07) is 14.3. The van der Waals surface area contributed by atoms with Crippen molar-refractivity contribution >= 4 is 23.2 Å². The van der Waals surface area contributed by atoms with Crippen molar-refractivity contribution in [1.29, 1.82) is 0 Å². The first kappa shape index (κ1) is 23.0. The Morgan fingerprint density at radius 2 is 1.85 bits per heavy atom. The minimum Gasteiger partial charge on any atom is -0.345 e. The monoisotopic (exact) mass is 469 g/mol. The van der Waals surface area contributed by atoms with Crippen LogP contribution < -0.4 is 0 Å². The highest BCUT2D eigenvalue weighted by molar-refractivity contribution is 6.34. The Labute approximate surface area is 196 Å². The van der Waals surface area contributed by atoms with Crippen LogP contribution >= 0.6 is 11.6 Å². The number of aromatic nitrogens is 1. The molecule has 1 aromatic heterocycles. The van der Waals surface area contributed by atoms with Gasteiger partial charge in [0, 0.05) is 36.6 Å². The molecule has 1 fully saturated rings. The number of hydrogen-bond acceptors (Lipinski definition) is 3. The van der Waals surface area contributed by atoms with E-state index in [1.54, 1.807) is 12.1 Å². The van der Waals surface area contributed by atoms with Crippen LogP contribution in [0.5, 0.6) is 0 Å². The maximum atomic E-state index is 13.6. The van der Waals surface area contributed by atoms with Crippen LogP contribution in [0.1, 0.15) is 53.7 Å². The summed E-state index contributed by atoms with van der Waals surface area (Å²) >= 11 is 6.30. The lowest BCUT2D eigenvalue weighted by Crippen LogP contribution is -2.41. The summed E-state index contributed by atoms with van der Waals surface area (Å²) in [6.45, 7) is 0.957. The number of halogens is 2. The van der Waals surface area contributed by atoms with Gasteiger partial charge in [-0.25, -0.2) is 4.39 Å². The standard InChI is InChI=1S/C25H25ClFN3O3/c26-24-15-21(30(32)33)12-13-23(24)25(31)29(20-5-2-1-3-6-20)17-22-7-4-14-28(22)16-18-8-10-19(27)11-9-18/h4,7-15,20H,1-3,5-6,16-17H2. The Morgan fingerprint density at radius 1 is 1.12 bits per heavy atom. The molecule has 0 bridgehead atoms. The molecule has 172 valence electrons. The van der Waals surface area contributed by atoms with Gasteiger partial charge < -0.3 is 9.47 Å². The van der Waals surface area contributed by atoms with E-state index in [0.29, 0.717) is 13.1 Å². The predicted octanol–water partition coefficient (Wildman–Crippen LogP) is 6.21. The highest BCUT2D eigenvalue weighted by atomic mass is 35.5. The van der Waals surface area contributed by atoms with E-state index in [4.69, 9.17) is 11.6 Å². The number of carbonyl (C=O) groups excluding carboxylic acids is 1. The highest BCUT2D eigenvalue weighted by Crippen LogP contribution is 2.29. The van der Waals surface area contributed by atoms with Gasteiger partial charge in [0.25, 0.3) is 11.6 Å². The fraction of sp³-hybridized carbons (Fsp3) is 0.320. The van der Waals surface area contributed by atoms with Crippen molar-refractivity contribution in [2.45, 2.75) is 51.2 Å². The number of benzene rings is 2. The average molecular weight is 470 g/mol. The molecule has 0 aliphatic heterocycles. The second kappa shape index (κ2) is 10.2. The summed E-state index contributed by atoms with van der Waals surface area (Å²) in [5, 5.41) is 11.1. The summed E-state index contributed by atoms with van der Waals surface area (Å²) in [7, 11) is 0. The van der Waals surface area contributed by atoms with E-state index in [9.17, 15) is 19.3 Å². The zero-order valence-corrected chi connectivity index (χ0v) is 18.9. The maximum absolute atomic E-state index is 13.6. The van der Waals surface area contributed by atoms with Crippen LogP contribution in [-0.4, -0.2) is 26.3 Å². The van der Waals surface area contributed by atoms with E-state index in [-0.39, 0.29) is 34.0 Å². The van der Waals surface area contributed by atoms with Gasteiger partial charge in [-0.15, -0.1) is 0 Å². The van der Waals surface area contributed by atoms with Crippen LogP contribution in [0, 0.1) is 15.9 Å². The lowest BCUT2D eigenvalue weighted by atomic mass is 9.93. The van der Waals surface area contributed by atoms with Gasteiger partial charge >= 0.3 is 0 Å². The zero-order chi connectivity index (χ0) is 23.4. The second-order valence-electron chi connectivity index (χ2n) is 8.40. The lowest BCUT2D eigenvalue weighted by molar-refractivity contribution is -0.384. The van der Waals surface area contributed by atoms with E-state index in [0.717, 1.165) is 43.4 Å². The summed E-state index contributed by atoms with van der Waals surface area (Å²) in [5.41, 5.74) is 2.04. The normalized spacial score (nSPS) is 14.2. The number of carbonyl (C=O) groups is 1. The molecule has 1 aliphatic rings. The van der Waals surface area contributed by atoms with Crippen molar-refractivity contribution in [1.82, 2.24) is 9.47 Å². The van der Waals surface area contributed by atoms with E-state index in [1.165, 1.54) is 30.3 Å². The molecule has 1 aliphatic carbocycles. The molecule has 1 amide bonds. The number of nitrogens with zero attached hydrogens (tertiary/aromatic N) is 3. The fourth-order valence-electron chi connectivity index (χ4n) is 4.41. The van der Waals surface area contributed by atoms with E-state index in [1.807, 2.05) is 27.8 Å². The Morgan fingerprint density at radius 3 is 2.52 bits per heavy atom. The molecule has 1 heterocycles. The third kappa shape index (κ3) is 5.42. The van der Waals surface area contributed by atoms with Crippen LogP contribution in [-0.2, 0) is 13.1 Å². The van der Waals surface area contributed by atoms with Gasteiger partial charge in [0.05, 0.1) is 22.1 Å². The number of amides is 1. The Hall–Kier alpha value is -3.19. The lowest BCUT2D eigenvalue weighted by Gasteiger charge is -2.35. The van der Waals surface area contributed by atoms with Gasteiger partial charge in [0.15, 0.2) is 0 Å².